The summed E-state index contributed by atoms with van der Waals surface area (Å²) in [5.74, 6) is 1.88. The number of thiophene rings is 1. The molecule has 60 heavy (non-hydrogen) atoms. The summed E-state index contributed by atoms with van der Waals surface area (Å²) in [6, 6.07) is 63.2. The molecule has 284 valence electrons. The van der Waals surface area contributed by atoms with Gasteiger partial charge < -0.3 is 0 Å². The van der Waals surface area contributed by atoms with Gasteiger partial charge in [0, 0.05) is 37.7 Å². The molecule has 0 aliphatic heterocycles. The molecule has 5 nitrogen and oxygen atoms in total. The zero-order chi connectivity index (χ0) is 40.4. The molecule has 3 aromatic heterocycles. The first-order valence-electron chi connectivity index (χ1n) is 19.9. The number of hydrogen-bond acceptors (Lipinski definition) is 6. The van der Waals surface area contributed by atoms with E-state index in [1.807, 2.05) is 55.5 Å². The van der Waals surface area contributed by atoms with Crippen molar-refractivity contribution in [2.45, 2.75) is 6.92 Å². The summed E-state index contributed by atoms with van der Waals surface area (Å²) in [5, 5.41) is 2.28. The van der Waals surface area contributed by atoms with E-state index in [2.05, 4.69) is 157 Å². The van der Waals surface area contributed by atoms with Crippen LogP contribution in [0.1, 0.15) is 12.6 Å². The highest BCUT2D eigenvalue weighted by molar-refractivity contribution is 7.26. The first kappa shape index (κ1) is 36.7. The molecule has 0 aliphatic carbocycles. The maximum atomic E-state index is 5.15. The molecule has 0 spiro atoms. The Morgan fingerprint density at radius 1 is 0.450 bits per heavy atom. The normalized spacial score (nSPS) is 11.4. The summed E-state index contributed by atoms with van der Waals surface area (Å²) in [6.07, 6.45) is 4.02. The molecular formula is C54H37N5S. The zero-order valence-electron chi connectivity index (χ0n) is 32.8. The molecule has 0 atom stereocenters. The number of benzene rings is 7. The molecule has 0 saturated heterocycles. The second kappa shape index (κ2) is 15.9. The molecule has 0 bridgehead atoms. The molecule has 0 radical (unpaired) electrons. The van der Waals surface area contributed by atoms with E-state index in [4.69, 9.17) is 19.9 Å². The third kappa shape index (κ3) is 6.99. The zero-order valence-corrected chi connectivity index (χ0v) is 33.6. The Kier molecular flexibility index (Phi) is 9.74. The Balaban J connectivity index is 0.990. The van der Waals surface area contributed by atoms with Crippen molar-refractivity contribution in [1.29, 1.82) is 0 Å². The van der Waals surface area contributed by atoms with Crippen LogP contribution < -0.4 is 0 Å². The third-order valence-corrected chi connectivity index (χ3v) is 11.9. The average Bonchev–Trinajstić information content (AvgIpc) is 3.72. The fraction of sp³-hybridized carbons (Fsp3) is 0.0185. The van der Waals surface area contributed by atoms with Gasteiger partial charge in [-0.3, -0.25) is 4.99 Å². The lowest BCUT2D eigenvalue weighted by Crippen LogP contribution is -2.00. The lowest BCUT2D eigenvalue weighted by molar-refractivity contribution is 1.07. The van der Waals surface area contributed by atoms with Crippen molar-refractivity contribution >= 4 is 50.0 Å². The summed E-state index contributed by atoms with van der Waals surface area (Å²) in [4.78, 5) is 24.6. The molecular weight excluding hydrogens is 751 g/mol. The van der Waals surface area contributed by atoms with Gasteiger partial charge in [0.2, 0.25) is 0 Å². The maximum Gasteiger partial charge on any atom is 0.164 e. The Morgan fingerprint density at radius 2 is 0.900 bits per heavy atom. The molecule has 6 heteroatoms. The smallest absolute Gasteiger partial charge is 0.164 e. The fourth-order valence-corrected chi connectivity index (χ4v) is 8.97. The van der Waals surface area contributed by atoms with Gasteiger partial charge >= 0.3 is 0 Å². The number of fused-ring (bicyclic) bond motifs is 3. The van der Waals surface area contributed by atoms with Gasteiger partial charge in [-0.2, -0.15) is 0 Å². The highest BCUT2D eigenvalue weighted by atomic mass is 32.1. The van der Waals surface area contributed by atoms with E-state index in [1.165, 1.54) is 15.6 Å². The standard InChI is InChI=1S/C54H37N5S/c1-3-14-46-50(55-2)48-45-23-10-11-24-47(45)60-51(48)49(56-46)38-29-25-37(26-30-38)41-19-12-20-42(33-41)43-21-13-22-44(34-43)54-58-52(39-17-8-5-9-18-39)57-53(59-54)40-31-27-36(28-32-40)35-15-6-4-7-16-35/h3-34H,2H2,1H3/b14-3-. The molecule has 0 N–H and O–H groups in total. The van der Waals surface area contributed by atoms with Crippen LogP contribution in [-0.4, -0.2) is 26.7 Å². The average molecular weight is 788 g/mol. The number of aliphatic imine (C=N–C) groups is 1. The molecule has 0 saturated carbocycles. The van der Waals surface area contributed by atoms with Gasteiger partial charge in [-0.1, -0.05) is 170 Å². The van der Waals surface area contributed by atoms with Crippen LogP contribution in [0.15, 0.2) is 193 Å². The van der Waals surface area contributed by atoms with Gasteiger partial charge in [-0.05, 0) is 71.3 Å². The summed E-state index contributed by atoms with van der Waals surface area (Å²) in [5.41, 5.74) is 13.2. The Labute approximate surface area is 352 Å². The van der Waals surface area contributed by atoms with E-state index in [1.54, 1.807) is 11.3 Å². The van der Waals surface area contributed by atoms with Crippen molar-refractivity contribution in [2.24, 2.45) is 4.99 Å². The monoisotopic (exact) mass is 787 g/mol. The minimum atomic E-state index is 0.621. The Bertz CT molecular complexity index is 3210. The van der Waals surface area contributed by atoms with Gasteiger partial charge in [0.25, 0.3) is 0 Å². The lowest BCUT2D eigenvalue weighted by Gasteiger charge is -2.11. The van der Waals surface area contributed by atoms with Crippen LogP contribution in [0.3, 0.4) is 0 Å². The van der Waals surface area contributed by atoms with Crippen molar-refractivity contribution in [2.75, 3.05) is 0 Å². The molecule has 10 aromatic rings. The van der Waals surface area contributed by atoms with Gasteiger partial charge in [0.1, 0.15) is 0 Å². The quantitative estimate of drug-likeness (QED) is 0.137. The van der Waals surface area contributed by atoms with Gasteiger partial charge in [-0.15, -0.1) is 11.3 Å². The second-order valence-corrected chi connectivity index (χ2v) is 15.6. The van der Waals surface area contributed by atoms with Crippen molar-refractivity contribution in [3.63, 3.8) is 0 Å². The SMILES string of the molecule is C=Nc1c(/C=C\C)nc(-c2ccc(-c3cccc(-c4cccc(-c5nc(-c6ccccc6)nc(-c6ccc(-c7ccccc7)cc6)n5)c4)c3)cc2)c2sc3ccccc3c12. The third-order valence-electron chi connectivity index (χ3n) is 10.7. The number of hydrogen-bond donors (Lipinski definition) is 0. The minimum Gasteiger partial charge on any atom is -0.262 e. The predicted octanol–water partition coefficient (Wildman–Crippen LogP) is 14.7. The molecule has 0 amide bonds. The van der Waals surface area contributed by atoms with Crippen molar-refractivity contribution in [3.05, 3.63) is 194 Å². The summed E-state index contributed by atoms with van der Waals surface area (Å²) in [6.45, 7) is 5.92. The highest BCUT2D eigenvalue weighted by Crippen LogP contribution is 2.45. The summed E-state index contributed by atoms with van der Waals surface area (Å²) < 4.78 is 2.32. The Morgan fingerprint density at radius 3 is 1.53 bits per heavy atom. The molecule has 0 fully saturated rings. The molecule has 7 aromatic carbocycles. The van der Waals surface area contributed by atoms with E-state index in [0.717, 1.165) is 77.2 Å². The van der Waals surface area contributed by atoms with E-state index in [0.29, 0.717) is 17.5 Å². The van der Waals surface area contributed by atoms with Crippen molar-refractivity contribution < 1.29 is 0 Å². The second-order valence-electron chi connectivity index (χ2n) is 14.5. The number of nitrogens with zero attached hydrogens (tertiary/aromatic N) is 5. The fourth-order valence-electron chi connectivity index (χ4n) is 7.76. The summed E-state index contributed by atoms with van der Waals surface area (Å²) >= 11 is 1.75. The first-order chi connectivity index (χ1) is 29.6. The van der Waals surface area contributed by atoms with Crippen LogP contribution in [0.5, 0.6) is 0 Å². The van der Waals surface area contributed by atoms with Gasteiger partial charge in [-0.25, -0.2) is 19.9 Å². The number of rotatable bonds is 9. The highest BCUT2D eigenvalue weighted by Gasteiger charge is 2.19. The largest absolute Gasteiger partial charge is 0.262 e. The molecule has 10 rings (SSSR count). The number of aromatic nitrogens is 4. The topological polar surface area (TPSA) is 63.9 Å². The van der Waals surface area contributed by atoms with Crippen LogP contribution in [0.25, 0.3) is 105 Å². The van der Waals surface area contributed by atoms with Gasteiger partial charge in [0.15, 0.2) is 17.5 Å². The Hall–Kier alpha value is -7.67. The molecule has 0 unspecified atom stereocenters. The number of allylic oxidation sites excluding steroid dienone is 1. The van der Waals surface area contributed by atoms with E-state index >= 15 is 0 Å². The van der Waals surface area contributed by atoms with Crippen LogP contribution in [0, 0.1) is 0 Å². The first-order valence-corrected chi connectivity index (χ1v) is 20.7. The van der Waals surface area contributed by atoms with Crippen molar-refractivity contribution in [1.82, 2.24) is 19.9 Å². The van der Waals surface area contributed by atoms with Crippen molar-refractivity contribution in [3.8, 4) is 78.8 Å². The minimum absolute atomic E-state index is 0.621. The summed E-state index contributed by atoms with van der Waals surface area (Å²) in [7, 11) is 0. The molecule has 0 aliphatic rings. The van der Waals surface area contributed by atoms with E-state index < -0.39 is 0 Å². The van der Waals surface area contributed by atoms with Gasteiger partial charge in [0.05, 0.1) is 21.8 Å². The van der Waals surface area contributed by atoms with E-state index in [-0.39, 0.29) is 0 Å². The number of pyridine rings is 1. The van der Waals surface area contributed by atoms with Crippen LogP contribution in [0.2, 0.25) is 0 Å². The lowest BCUT2D eigenvalue weighted by atomic mass is 9.96. The van der Waals surface area contributed by atoms with Crippen LogP contribution in [-0.2, 0) is 0 Å². The molecule has 3 heterocycles. The maximum absolute atomic E-state index is 5.15. The van der Waals surface area contributed by atoms with Crippen LogP contribution in [0.4, 0.5) is 5.69 Å². The van der Waals surface area contributed by atoms with E-state index in [9.17, 15) is 0 Å². The predicted molar refractivity (Wildman–Crippen MR) is 252 cm³/mol. The van der Waals surface area contributed by atoms with Crippen LogP contribution >= 0.6 is 11.3 Å².